The standard InChI is InChI=1S/C21H19NO5S/c1-14-22-18(13-28-14)12-26-19-8-4-7-17(10-19)21(24)27-11-15-5-3-6-16(9-15)20(23)25-2/h3-10,13H,11-12H2,1-2H3. The largest absolute Gasteiger partial charge is 0.487 e. The van der Waals surface area contributed by atoms with Crippen LogP contribution in [-0.2, 0) is 22.7 Å². The Kier molecular flexibility index (Phi) is 6.39. The van der Waals surface area contributed by atoms with Gasteiger partial charge in [-0.1, -0.05) is 18.2 Å². The van der Waals surface area contributed by atoms with Crippen molar-refractivity contribution in [3.05, 3.63) is 81.3 Å². The lowest BCUT2D eigenvalue weighted by molar-refractivity contribution is 0.0472. The van der Waals surface area contributed by atoms with Crippen LogP contribution in [-0.4, -0.2) is 24.0 Å². The third-order valence-electron chi connectivity index (χ3n) is 3.84. The molecule has 1 aromatic heterocycles. The molecule has 0 aliphatic carbocycles. The van der Waals surface area contributed by atoms with Crippen LogP contribution in [0.5, 0.6) is 5.75 Å². The summed E-state index contributed by atoms with van der Waals surface area (Å²) in [6, 6.07) is 13.6. The maximum atomic E-state index is 12.3. The molecular weight excluding hydrogens is 378 g/mol. The van der Waals surface area contributed by atoms with Gasteiger partial charge in [0.1, 0.15) is 19.0 Å². The molecule has 6 nitrogen and oxygen atoms in total. The van der Waals surface area contributed by atoms with Gasteiger partial charge in [-0.25, -0.2) is 14.6 Å². The van der Waals surface area contributed by atoms with Crippen LogP contribution in [0.1, 0.15) is 37.0 Å². The van der Waals surface area contributed by atoms with Crippen molar-refractivity contribution in [3.63, 3.8) is 0 Å². The SMILES string of the molecule is COC(=O)c1cccc(COC(=O)c2cccc(OCc3csc(C)n3)c2)c1. The van der Waals surface area contributed by atoms with Crippen LogP contribution >= 0.6 is 11.3 Å². The molecule has 2 aromatic carbocycles. The summed E-state index contributed by atoms with van der Waals surface area (Å²) in [5.41, 5.74) is 2.34. The summed E-state index contributed by atoms with van der Waals surface area (Å²) in [5.74, 6) is -0.348. The topological polar surface area (TPSA) is 74.7 Å². The Morgan fingerprint density at radius 3 is 2.46 bits per heavy atom. The van der Waals surface area contributed by atoms with E-state index in [-0.39, 0.29) is 6.61 Å². The van der Waals surface area contributed by atoms with Gasteiger partial charge in [0.25, 0.3) is 0 Å². The summed E-state index contributed by atoms with van der Waals surface area (Å²) in [7, 11) is 1.32. The van der Waals surface area contributed by atoms with Crippen LogP contribution in [0.2, 0.25) is 0 Å². The molecule has 0 bridgehead atoms. The molecule has 0 spiro atoms. The van der Waals surface area contributed by atoms with Gasteiger partial charge >= 0.3 is 11.9 Å². The van der Waals surface area contributed by atoms with Crippen molar-refractivity contribution in [2.75, 3.05) is 7.11 Å². The number of benzene rings is 2. The Bertz CT molecular complexity index is 982. The smallest absolute Gasteiger partial charge is 0.338 e. The predicted molar refractivity (Wildman–Crippen MR) is 105 cm³/mol. The molecular formula is C21H19NO5S. The first-order valence-electron chi connectivity index (χ1n) is 8.53. The van der Waals surface area contributed by atoms with E-state index in [1.54, 1.807) is 59.9 Å². The highest BCUT2D eigenvalue weighted by atomic mass is 32.1. The van der Waals surface area contributed by atoms with Crippen LogP contribution in [0, 0.1) is 6.92 Å². The number of aromatic nitrogens is 1. The molecule has 0 aliphatic rings. The highest BCUT2D eigenvalue weighted by Crippen LogP contribution is 2.17. The fraction of sp³-hybridized carbons (Fsp3) is 0.190. The molecule has 0 saturated heterocycles. The van der Waals surface area contributed by atoms with Gasteiger partial charge in [0, 0.05) is 5.38 Å². The highest BCUT2D eigenvalue weighted by molar-refractivity contribution is 7.09. The number of carbonyl (C=O) groups is 2. The molecule has 0 fully saturated rings. The van der Waals surface area contributed by atoms with E-state index in [0.29, 0.717) is 29.0 Å². The first-order valence-corrected chi connectivity index (χ1v) is 9.41. The Morgan fingerprint density at radius 1 is 1.00 bits per heavy atom. The maximum absolute atomic E-state index is 12.3. The average Bonchev–Trinajstić information content (AvgIpc) is 3.15. The molecule has 0 aliphatic heterocycles. The predicted octanol–water partition coefficient (Wildman–Crippen LogP) is 4.17. The molecule has 3 aromatic rings. The van der Waals surface area contributed by atoms with Crippen molar-refractivity contribution in [3.8, 4) is 5.75 Å². The van der Waals surface area contributed by atoms with Gasteiger partial charge in [0.05, 0.1) is 28.9 Å². The van der Waals surface area contributed by atoms with Gasteiger partial charge < -0.3 is 14.2 Å². The number of thiazole rings is 1. The Balaban J connectivity index is 1.59. The van der Waals surface area contributed by atoms with Crippen LogP contribution in [0.25, 0.3) is 0 Å². The third-order valence-corrected chi connectivity index (χ3v) is 4.66. The maximum Gasteiger partial charge on any atom is 0.338 e. The van der Waals surface area contributed by atoms with E-state index in [1.807, 2.05) is 12.3 Å². The van der Waals surface area contributed by atoms with Gasteiger partial charge in [-0.15, -0.1) is 11.3 Å². The van der Waals surface area contributed by atoms with E-state index >= 15 is 0 Å². The second kappa shape index (κ2) is 9.14. The summed E-state index contributed by atoms with van der Waals surface area (Å²) in [6.07, 6.45) is 0. The summed E-state index contributed by atoms with van der Waals surface area (Å²) in [4.78, 5) is 28.3. The molecule has 0 radical (unpaired) electrons. The van der Waals surface area contributed by atoms with Crippen molar-refractivity contribution in [1.29, 1.82) is 0 Å². The quantitative estimate of drug-likeness (QED) is 0.557. The number of nitrogens with zero attached hydrogens (tertiary/aromatic N) is 1. The van der Waals surface area contributed by atoms with Gasteiger partial charge in [-0.05, 0) is 42.8 Å². The summed E-state index contributed by atoms with van der Waals surface area (Å²) >= 11 is 1.56. The second-order valence-electron chi connectivity index (χ2n) is 5.94. The van der Waals surface area contributed by atoms with E-state index < -0.39 is 11.9 Å². The number of methoxy groups -OCH3 is 1. The van der Waals surface area contributed by atoms with Gasteiger partial charge in [-0.3, -0.25) is 0 Å². The minimum Gasteiger partial charge on any atom is -0.487 e. The van der Waals surface area contributed by atoms with Crippen molar-refractivity contribution >= 4 is 23.3 Å². The van der Waals surface area contributed by atoms with Gasteiger partial charge in [0.15, 0.2) is 0 Å². The summed E-state index contributed by atoms with van der Waals surface area (Å²) < 4.78 is 15.7. The second-order valence-corrected chi connectivity index (χ2v) is 7.00. The van der Waals surface area contributed by atoms with Crippen molar-refractivity contribution in [2.45, 2.75) is 20.1 Å². The van der Waals surface area contributed by atoms with Crippen molar-refractivity contribution < 1.29 is 23.8 Å². The third kappa shape index (κ3) is 5.17. The molecule has 1 heterocycles. The molecule has 0 amide bonds. The zero-order chi connectivity index (χ0) is 19.9. The Hall–Kier alpha value is -3.19. The molecule has 0 N–H and O–H groups in total. The number of rotatable bonds is 7. The molecule has 7 heteroatoms. The Morgan fingerprint density at radius 2 is 1.75 bits per heavy atom. The summed E-state index contributed by atoms with van der Waals surface area (Å²) in [5, 5.41) is 2.92. The number of aryl methyl sites for hydroxylation is 1. The first kappa shape index (κ1) is 19.6. The van der Waals surface area contributed by atoms with E-state index in [1.165, 1.54) is 7.11 Å². The van der Waals surface area contributed by atoms with Crippen molar-refractivity contribution in [1.82, 2.24) is 4.98 Å². The van der Waals surface area contributed by atoms with Crippen LogP contribution in [0.4, 0.5) is 0 Å². The van der Waals surface area contributed by atoms with Gasteiger partial charge in [-0.2, -0.15) is 0 Å². The highest BCUT2D eigenvalue weighted by Gasteiger charge is 2.11. The van der Waals surface area contributed by atoms with Crippen LogP contribution < -0.4 is 4.74 Å². The normalized spacial score (nSPS) is 10.4. The fourth-order valence-corrected chi connectivity index (χ4v) is 3.08. The molecule has 3 rings (SSSR count). The average molecular weight is 397 g/mol. The van der Waals surface area contributed by atoms with Crippen molar-refractivity contribution in [2.24, 2.45) is 0 Å². The monoisotopic (exact) mass is 397 g/mol. The molecule has 0 saturated carbocycles. The molecule has 144 valence electrons. The van der Waals surface area contributed by atoms with Crippen LogP contribution in [0.3, 0.4) is 0 Å². The number of hydrogen-bond acceptors (Lipinski definition) is 7. The van der Waals surface area contributed by atoms with E-state index in [2.05, 4.69) is 4.98 Å². The minimum atomic E-state index is -0.474. The Labute approximate surface area is 166 Å². The minimum absolute atomic E-state index is 0.0485. The fourth-order valence-electron chi connectivity index (χ4n) is 2.48. The first-order chi connectivity index (χ1) is 13.5. The lowest BCUT2D eigenvalue weighted by Crippen LogP contribution is -2.07. The lowest BCUT2D eigenvalue weighted by Gasteiger charge is -2.08. The number of ether oxygens (including phenoxy) is 3. The molecule has 28 heavy (non-hydrogen) atoms. The zero-order valence-corrected chi connectivity index (χ0v) is 16.3. The number of esters is 2. The molecule has 0 unspecified atom stereocenters. The molecule has 0 atom stereocenters. The summed E-state index contributed by atoms with van der Waals surface area (Å²) in [6.45, 7) is 2.32. The van der Waals surface area contributed by atoms with E-state index in [4.69, 9.17) is 14.2 Å². The van der Waals surface area contributed by atoms with Gasteiger partial charge in [0.2, 0.25) is 0 Å². The number of carbonyl (C=O) groups excluding carboxylic acids is 2. The van der Waals surface area contributed by atoms with E-state index in [9.17, 15) is 9.59 Å². The van der Waals surface area contributed by atoms with Crippen LogP contribution in [0.15, 0.2) is 53.9 Å². The zero-order valence-electron chi connectivity index (χ0n) is 15.5. The number of hydrogen-bond donors (Lipinski definition) is 0. The lowest BCUT2D eigenvalue weighted by atomic mass is 10.1. The van der Waals surface area contributed by atoms with E-state index in [0.717, 1.165) is 10.7 Å².